The molecule has 1 fully saturated rings. The fourth-order valence-electron chi connectivity index (χ4n) is 3.49. The first-order valence-corrected chi connectivity index (χ1v) is 9.75. The Morgan fingerprint density at radius 2 is 1.71 bits per heavy atom. The van der Waals surface area contributed by atoms with E-state index >= 15 is 0 Å². The van der Waals surface area contributed by atoms with Gasteiger partial charge in [-0.1, -0.05) is 36.4 Å². The van der Waals surface area contributed by atoms with Gasteiger partial charge in [0.1, 0.15) is 5.58 Å². The molecule has 28 heavy (non-hydrogen) atoms. The van der Waals surface area contributed by atoms with Crippen molar-refractivity contribution in [1.82, 2.24) is 19.2 Å². The molecule has 7 heteroatoms. The first kappa shape index (κ1) is 17.4. The zero-order valence-electron chi connectivity index (χ0n) is 15.3. The number of hydrogen-bond donors (Lipinski definition) is 0. The van der Waals surface area contributed by atoms with Gasteiger partial charge in [0, 0.05) is 18.5 Å². The van der Waals surface area contributed by atoms with Crippen molar-refractivity contribution in [2.24, 2.45) is 0 Å². The molecule has 0 spiro atoms. The highest BCUT2D eigenvalue weighted by molar-refractivity contribution is 7.71. The molecule has 1 aliphatic rings. The van der Waals surface area contributed by atoms with E-state index in [1.54, 1.807) is 0 Å². The Morgan fingerprint density at radius 1 is 0.964 bits per heavy atom. The van der Waals surface area contributed by atoms with Gasteiger partial charge in [0.15, 0.2) is 5.76 Å². The summed E-state index contributed by atoms with van der Waals surface area (Å²) in [5.74, 6) is 1.41. The summed E-state index contributed by atoms with van der Waals surface area (Å²) < 4.78 is 16.0. The van der Waals surface area contributed by atoms with E-state index < -0.39 is 0 Å². The average molecular weight is 392 g/mol. The van der Waals surface area contributed by atoms with Crippen LogP contribution in [0.25, 0.3) is 28.2 Å². The second-order valence-electron chi connectivity index (χ2n) is 6.80. The first-order chi connectivity index (χ1) is 13.8. The van der Waals surface area contributed by atoms with E-state index in [0.717, 1.165) is 43.0 Å². The molecule has 0 unspecified atom stereocenters. The van der Waals surface area contributed by atoms with Crippen LogP contribution in [0.3, 0.4) is 0 Å². The molecule has 142 valence electrons. The van der Waals surface area contributed by atoms with Crippen molar-refractivity contribution in [2.45, 2.75) is 6.67 Å². The molecule has 0 bridgehead atoms. The fourth-order valence-corrected chi connectivity index (χ4v) is 3.78. The second kappa shape index (κ2) is 7.35. The topological polar surface area (TPSA) is 48.4 Å². The summed E-state index contributed by atoms with van der Waals surface area (Å²) in [5, 5.41) is 5.89. The monoisotopic (exact) mass is 392 g/mol. The third-order valence-corrected chi connectivity index (χ3v) is 5.33. The van der Waals surface area contributed by atoms with E-state index in [1.165, 1.54) is 0 Å². The number of hydrogen-bond acceptors (Lipinski definition) is 5. The summed E-state index contributed by atoms with van der Waals surface area (Å²) >= 11 is 5.81. The van der Waals surface area contributed by atoms with Crippen LogP contribution in [-0.2, 0) is 11.4 Å². The number of ether oxygens (including phenoxy) is 1. The van der Waals surface area contributed by atoms with Crippen LogP contribution in [0, 0.1) is 4.77 Å². The van der Waals surface area contributed by atoms with Gasteiger partial charge >= 0.3 is 0 Å². The summed E-state index contributed by atoms with van der Waals surface area (Å²) in [6.07, 6.45) is 0. The number of rotatable bonds is 4. The van der Waals surface area contributed by atoms with E-state index in [4.69, 9.17) is 26.5 Å². The smallest absolute Gasteiger partial charge is 0.204 e. The Morgan fingerprint density at radius 3 is 2.50 bits per heavy atom. The van der Waals surface area contributed by atoms with Gasteiger partial charge in [0.2, 0.25) is 10.6 Å². The van der Waals surface area contributed by atoms with E-state index in [1.807, 2.05) is 69.9 Å². The number of nitrogens with zero attached hydrogens (tertiary/aromatic N) is 4. The molecule has 1 aliphatic heterocycles. The van der Waals surface area contributed by atoms with Gasteiger partial charge in [-0.15, -0.1) is 5.10 Å². The van der Waals surface area contributed by atoms with Crippen molar-refractivity contribution < 1.29 is 9.15 Å². The molecule has 0 aliphatic carbocycles. The minimum absolute atomic E-state index is 0.634. The molecule has 3 heterocycles. The van der Waals surface area contributed by atoms with E-state index in [-0.39, 0.29) is 0 Å². The third kappa shape index (κ3) is 3.17. The van der Waals surface area contributed by atoms with Gasteiger partial charge in [-0.25, -0.2) is 4.68 Å². The highest BCUT2D eigenvalue weighted by Gasteiger charge is 2.20. The maximum atomic E-state index is 6.10. The molecule has 2 aromatic carbocycles. The van der Waals surface area contributed by atoms with Gasteiger partial charge in [-0.05, 0) is 36.5 Å². The Kier molecular flexibility index (Phi) is 4.56. The number of fused-ring (bicyclic) bond motifs is 1. The largest absolute Gasteiger partial charge is 0.453 e. The molecular formula is C21H20N4O2S. The van der Waals surface area contributed by atoms with Crippen molar-refractivity contribution in [1.29, 1.82) is 0 Å². The second-order valence-corrected chi connectivity index (χ2v) is 7.16. The summed E-state index contributed by atoms with van der Waals surface area (Å²) in [7, 11) is 0. The molecule has 0 saturated carbocycles. The molecule has 0 amide bonds. The average Bonchev–Trinajstić information content (AvgIpc) is 3.31. The quantitative estimate of drug-likeness (QED) is 0.489. The molecule has 1 saturated heterocycles. The summed E-state index contributed by atoms with van der Waals surface area (Å²) in [5.41, 5.74) is 1.81. The lowest BCUT2D eigenvalue weighted by Crippen LogP contribution is -2.37. The molecule has 0 N–H and O–H groups in total. The highest BCUT2D eigenvalue weighted by Crippen LogP contribution is 2.29. The molecule has 0 atom stereocenters. The van der Waals surface area contributed by atoms with Crippen LogP contribution in [-0.4, -0.2) is 45.6 Å². The minimum atomic E-state index is 0.634. The SMILES string of the molecule is S=c1n(CN2CCOCC2)nc(-c2cc3ccccc3o2)n1-c1ccccc1. The van der Waals surface area contributed by atoms with Gasteiger partial charge in [0.25, 0.3) is 0 Å². The van der Waals surface area contributed by atoms with Crippen LogP contribution >= 0.6 is 12.2 Å². The molecule has 0 radical (unpaired) electrons. The van der Waals surface area contributed by atoms with Gasteiger partial charge in [0.05, 0.1) is 25.6 Å². The standard InChI is InChI=1S/C21H20N4O2S/c28-21-24(15-23-10-12-26-13-11-23)22-20(25(21)17-7-2-1-3-8-17)19-14-16-6-4-5-9-18(16)27-19/h1-9,14H,10-13,15H2. The Bertz CT molecular complexity index is 1120. The van der Waals surface area contributed by atoms with Gasteiger partial charge < -0.3 is 9.15 Å². The zero-order valence-corrected chi connectivity index (χ0v) is 16.1. The maximum absolute atomic E-state index is 6.10. The van der Waals surface area contributed by atoms with Crippen LogP contribution in [0.1, 0.15) is 0 Å². The zero-order chi connectivity index (χ0) is 18.9. The first-order valence-electron chi connectivity index (χ1n) is 9.34. The van der Waals surface area contributed by atoms with E-state index in [9.17, 15) is 0 Å². The maximum Gasteiger partial charge on any atom is 0.204 e. The lowest BCUT2D eigenvalue weighted by molar-refractivity contribution is 0.0210. The number of morpholine rings is 1. The van der Waals surface area contributed by atoms with Crippen molar-refractivity contribution in [3.8, 4) is 17.3 Å². The Labute approximate surface area is 167 Å². The van der Waals surface area contributed by atoms with Crippen LogP contribution in [0.5, 0.6) is 0 Å². The predicted molar refractivity (Wildman–Crippen MR) is 110 cm³/mol. The van der Waals surface area contributed by atoms with Gasteiger partial charge in [-0.2, -0.15) is 0 Å². The fraction of sp³-hybridized carbons (Fsp3) is 0.238. The van der Waals surface area contributed by atoms with Crippen molar-refractivity contribution in [2.75, 3.05) is 26.3 Å². The van der Waals surface area contributed by atoms with Crippen LogP contribution in [0.2, 0.25) is 0 Å². The third-order valence-electron chi connectivity index (χ3n) is 4.94. The van der Waals surface area contributed by atoms with Crippen molar-refractivity contribution in [3.63, 3.8) is 0 Å². The summed E-state index contributed by atoms with van der Waals surface area (Å²) in [6, 6.07) is 20.0. The highest BCUT2D eigenvalue weighted by atomic mass is 32.1. The lowest BCUT2D eigenvalue weighted by atomic mass is 10.2. The van der Waals surface area contributed by atoms with Crippen LogP contribution in [0.4, 0.5) is 0 Å². The molecule has 6 nitrogen and oxygen atoms in total. The van der Waals surface area contributed by atoms with E-state index in [0.29, 0.717) is 23.0 Å². The van der Waals surface area contributed by atoms with Crippen LogP contribution in [0.15, 0.2) is 65.1 Å². The number of para-hydroxylation sites is 2. The minimum Gasteiger partial charge on any atom is -0.453 e. The Hall–Kier alpha value is -2.74. The van der Waals surface area contributed by atoms with Gasteiger partial charge in [-0.3, -0.25) is 9.47 Å². The van der Waals surface area contributed by atoms with Crippen molar-refractivity contribution >= 4 is 23.2 Å². The predicted octanol–water partition coefficient (Wildman–Crippen LogP) is 4.11. The molecule has 5 rings (SSSR count). The Balaban J connectivity index is 1.64. The molecule has 4 aromatic rings. The normalized spacial score (nSPS) is 15.3. The van der Waals surface area contributed by atoms with E-state index in [2.05, 4.69) is 4.90 Å². The van der Waals surface area contributed by atoms with Crippen molar-refractivity contribution in [3.05, 3.63) is 65.4 Å². The number of furan rings is 1. The lowest BCUT2D eigenvalue weighted by Gasteiger charge is -2.26. The summed E-state index contributed by atoms with van der Waals surface area (Å²) in [6.45, 7) is 3.86. The number of aromatic nitrogens is 3. The van der Waals surface area contributed by atoms with Crippen LogP contribution < -0.4 is 0 Å². The molecular weight excluding hydrogens is 372 g/mol. The summed E-state index contributed by atoms with van der Waals surface area (Å²) in [4.78, 5) is 2.30. The number of benzene rings is 2. The molecule has 2 aromatic heterocycles.